The molecule has 1 fully saturated rings. The average Bonchev–Trinajstić information content (AvgIpc) is 3.29. The standard InChI is InChI=1S/C17H19N3O5S/c1-11-15(12(2)25-18-11)17(23)24-10-14(21)19-5-7-20(8-6-19)16(22)13-4-3-9-26-13/h3-4,9H,5-8,10H2,1-2H3. The average molecular weight is 377 g/mol. The van der Waals surface area contributed by atoms with Crippen LogP contribution in [0.1, 0.15) is 31.5 Å². The predicted molar refractivity (Wildman–Crippen MR) is 93.1 cm³/mol. The molecule has 0 unspecified atom stereocenters. The lowest BCUT2D eigenvalue weighted by Gasteiger charge is -2.34. The SMILES string of the molecule is Cc1noc(C)c1C(=O)OCC(=O)N1CCN(C(=O)c2cccs2)CC1. The number of carbonyl (C=O) groups excluding carboxylic acids is 3. The minimum Gasteiger partial charge on any atom is -0.452 e. The van der Waals surface area contributed by atoms with E-state index in [0.717, 1.165) is 0 Å². The Kier molecular flexibility index (Phi) is 5.36. The van der Waals surface area contributed by atoms with Crippen LogP contribution < -0.4 is 0 Å². The summed E-state index contributed by atoms with van der Waals surface area (Å²) in [6.07, 6.45) is 0. The van der Waals surface area contributed by atoms with Crippen molar-refractivity contribution in [2.45, 2.75) is 13.8 Å². The maximum absolute atomic E-state index is 12.3. The molecule has 2 amide bonds. The van der Waals surface area contributed by atoms with Gasteiger partial charge in [0.15, 0.2) is 6.61 Å². The molecule has 3 rings (SSSR count). The second kappa shape index (κ2) is 7.69. The van der Waals surface area contributed by atoms with Crippen molar-refractivity contribution in [2.75, 3.05) is 32.8 Å². The summed E-state index contributed by atoms with van der Waals surface area (Å²) in [5, 5.41) is 5.55. The minimum atomic E-state index is -0.624. The van der Waals surface area contributed by atoms with Crippen LogP contribution in [0, 0.1) is 13.8 Å². The van der Waals surface area contributed by atoms with Crippen LogP contribution in [-0.4, -0.2) is 65.5 Å². The number of ether oxygens (including phenoxy) is 1. The van der Waals surface area contributed by atoms with Crippen LogP contribution >= 0.6 is 11.3 Å². The normalized spacial score (nSPS) is 14.4. The number of thiophene rings is 1. The van der Waals surface area contributed by atoms with E-state index in [4.69, 9.17) is 9.26 Å². The lowest BCUT2D eigenvalue weighted by atomic mass is 10.2. The Balaban J connectivity index is 1.48. The third kappa shape index (κ3) is 3.77. The van der Waals surface area contributed by atoms with Gasteiger partial charge in [-0.25, -0.2) is 4.79 Å². The highest BCUT2D eigenvalue weighted by Crippen LogP contribution is 2.15. The Morgan fingerprint density at radius 3 is 2.46 bits per heavy atom. The van der Waals surface area contributed by atoms with Crippen LogP contribution in [0.2, 0.25) is 0 Å². The highest BCUT2D eigenvalue weighted by Gasteiger charge is 2.26. The van der Waals surface area contributed by atoms with Gasteiger partial charge in [0.25, 0.3) is 11.8 Å². The quantitative estimate of drug-likeness (QED) is 0.750. The molecule has 2 aromatic heterocycles. The first-order valence-corrected chi connectivity index (χ1v) is 9.06. The molecule has 3 heterocycles. The molecule has 0 atom stereocenters. The van der Waals surface area contributed by atoms with Crippen molar-refractivity contribution in [3.8, 4) is 0 Å². The molecular formula is C17H19N3O5S. The third-order valence-electron chi connectivity index (χ3n) is 4.22. The predicted octanol–water partition coefficient (Wildman–Crippen LogP) is 1.49. The van der Waals surface area contributed by atoms with Crippen molar-refractivity contribution in [3.63, 3.8) is 0 Å². The van der Waals surface area contributed by atoms with Gasteiger partial charge in [0.1, 0.15) is 11.3 Å². The largest absolute Gasteiger partial charge is 0.452 e. The van der Waals surface area contributed by atoms with Gasteiger partial charge in [-0.05, 0) is 25.3 Å². The maximum atomic E-state index is 12.3. The summed E-state index contributed by atoms with van der Waals surface area (Å²) in [5.41, 5.74) is 0.685. The number of esters is 1. The molecule has 0 aromatic carbocycles. The molecule has 1 saturated heterocycles. The highest BCUT2D eigenvalue weighted by molar-refractivity contribution is 7.12. The van der Waals surface area contributed by atoms with Gasteiger partial charge in [-0.2, -0.15) is 0 Å². The molecule has 0 radical (unpaired) electrons. The highest BCUT2D eigenvalue weighted by atomic mass is 32.1. The molecule has 1 aliphatic heterocycles. The number of piperazine rings is 1. The number of carbonyl (C=O) groups is 3. The third-order valence-corrected chi connectivity index (χ3v) is 5.07. The van der Waals surface area contributed by atoms with E-state index >= 15 is 0 Å². The number of nitrogens with zero attached hydrogens (tertiary/aromatic N) is 3. The molecule has 2 aromatic rings. The van der Waals surface area contributed by atoms with E-state index < -0.39 is 5.97 Å². The summed E-state index contributed by atoms with van der Waals surface area (Å²) in [4.78, 5) is 40.6. The van der Waals surface area contributed by atoms with Gasteiger partial charge in [-0.3, -0.25) is 9.59 Å². The second-order valence-electron chi connectivity index (χ2n) is 5.93. The molecule has 1 aliphatic rings. The van der Waals surface area contributed by atoms with Crippen molar-refractivity contribution in [3.05, 3.63) is 39.4 Å². The van der Waals surface area contributed by atoms with Gasteiger partial charge in [-0.15, -0.1) is 11.3 Å². The van der Waals surface area contributed by atoms with E-state index in [1.807, 2.05) is 11.4 Å². The summed E-state index contributed by atoms with van der Waals surface area (Å²) in [6, 6.07) is 3.63. The molecule has 0 spiro atoms. The van der Waals surface area contributed by atoms with Crippen molar-refractivity contribution < 1.29 is 23.6 Å². The van der Waals surface area contributed by atoms with E-state index in [-0.39, 0.29) is 24.0 Å². The van der Waals surface area contributed by atoms with E-state index in [9.17, 15) is 14.4 Å². The zero-order valence-electron chi connectivity index (χ0n) is 14.6. The Labute approximate surface area is 154 Å². The lowest BCUT2D eigenvalue weighted by Crippen LogP contribution is -2.51. The van der Waals surface area contributed by atoms with Crippen molar-refractivity contribution in [1.82, 2.24) is 15.0 Å². The van der Waals surface area contributed by atoms with Crippen LogP contribution in [0.5, 0.6) is 0 Å². The fraction of sp³-hybridized carbons (Fsp3) is 0.412. The van der Waals surface area contributed by atoms with Gasteiger partial charge in [0.2, 0.25) is 0 Å². The Bertz CT molecular complexity index is 787. The molecule has 9 heteroatoms. The molecule has 0 bridgehead atoms. The summed E-state index contributed by atoms with van der Waals surface area (Å²) in [6.45, 7) is 4.65. The summed E-state index contributed by atoms with van der Waals surface area (Å²) in [5.74, 6) is -0.563. The molecule has 8 nitrogen and oxygen atoms in total. The number of hydrogen-bond donors (Lipinski definition) is 0. The van der Waals surface area contributed by atoms with Gasteiger partial charge in [0, 0.05) is 26.2 Å². The molecule has 138 valence electrons. The van der Waals surface area contributed by atoms with Gasteiger partial charge in [-0.1, -0.05) is 11.2 Å². The minimum absolute atomic E-state index is 0.0167. The fourth-order valence-electron chi connectivity index (χ4n) is 2.78. The smallest absolute Gasteiger partial charge is 0.344 e. The van der Waals surface area contributed by atoms with Gasteiger partial charge < -0.3 is 19.1 Å². The summed E-state index contributed by atoms with van der Waals surface area (Å²) in [7, 11) is 0. The Hall–Kier alpha value is -2.68. The fourth-order valence-corrected chi connectivity index (χ4v) is 3.47. The van der Waals surface area contributed by atoms with Crippen LogP contribution in [0.4, 0.5) is 0 Å². The van der Waals surface area contributed by atoms with E-state index in [0.29, 0.717) is 42.5 Å². The van der Waals surface area contributed by atoms with Crippen molar-refractivity contribution in [1.29, 1.82) is 0 Å². The maximum Gasteiger partial charge on any atom is 0.344 e. The first kappa shape index (κ1) is 18.1. The van der Waals surface area contributed by atoms with Crippen LogP contribution in [0.3, 0.4) is 0 Å². The molecule has 0 aliphatic carbocycles. The van der Waals surface area contributed by atoms with Crippen LogP contribution in [-0.2, 0) is 9.53 Å². The number of hydrogen-bond acceptors (Lipinski definition) is 7. The summed E-state index contributed by atoms with van der Waals surface area (Å²) >= 11 is 1.40. The topological polar surface area (TPSA) is 92.9 Å². The zero-order valence-corrected chi connectivity index (χ0v) is 15.4. The number of rotatable bonds is 4. The first-order chi connectivity index (χ1) is 12.5. The second-order valence-corrected chi connectivity index (χ2v) is 6.87. The van der Waals surface area contributed by atoms with Crippen LogP contribution in [0.25, 0.3) is 0 Å². The monoisotopic (exact) mass is 377 g/mol. The lowest BCUT2D eigenvalue weighted by molar-refractivity contribution is -0.136. The van der Waals surface area contributed by atoms with E-state index in [2.05, 4.69) is 5.16 Å². The van der Waals surface area contributed by atoms with Crippen molar-refractivity contribution >= 4 is 29.1 Å². The Morgan fingerprint density at radius 1 is 1.19 bits per heavy atom. The van der Waals surface area contributed by atoms with Gasteiger partial charge in [0.05, 0.1) is 10.6 Å². The van der Waals surface area contributed by atoms with Crippen molar-refractivity contribution in [2.24, 2.45) is 0 Å². The zero-order chi connectivity index (χ0) is 18.7. The summed E-state index contributed by atoms with van der Waals surface area (Å²) < 4.78 is 10.0. The molecule has 26 heavy (non-hydrogen) atoms. The van der Waals surface area contributed by atoms with E-state index in [1.165, 1.54) is 11.3 Å². The molecular weight excluding hydrogens is 358 g/mol. The van der Waals surface area contributed by atoms with Gasteiger partial charge >= 0.3 is 5.97 Å². The molecule has 0 saturated carbocycles. The van der Waals surface area contributed by atoms with Crippen LogP contribution in [0.15, 0.2) is 22.0 Å². The van der Waals surface area contributed by atoms with E-state index in [1.54, 1.807) is 29.7 Å². The first-order valence-electron chi connectivity index (χ1n) is 8.18. The number of aromatic nitrogens is 1. The Morgan fingerprint density at radius 2 is 1.88 bits per heavy atom. The molecule has 0 N–H and O–H groups in total. The number of aryl methyl sites for hydroxylation is 2. The number of amides is 2.